The Labute approximate surface area is 177 Å². The Balaban J connectivity index is 3.39. The van der Waals surface area contributed by atoms with E-state index < -0.39 is 0 Å². The van der Waals surface area contributed by atoms with Crippen molar-refractivity contribution in [1.82, 2.24) is 0 Å². The van der Waals surface area contributed by atoms with Crippen LogP contribution in [0.3, 0.4) is 0 Å². The summed E-state index contributed by atoms with van der Waals surface area (Å²) in [6.07, 6.45) is 23.3. The van der Waals surface area contributed by atoms with Gasteiger partial charge in [0.1, 0.15) is 0 Å². The number of nitrogens with zero attached hydrogens (tertiary/aromatic N) is 1. The van der Waals surface area contributed by atoms with Crippen molar-refractivity contribution in [1.29, 1.82) is 0 Å². The molecule has 164 valence electrons. The molecule has 0 bridgehead atoms. The Bertz CT molecular complexity index is 322. The average Bonchev–Trinajstić information content (AvgIpc) is 2.61. The van der Waals surface area contributed by atoms with Crippen molar-refractivity contribution >= 4 is 10.2 Å². The van der Waals surface area contributed by atoms with E-state index in [1.54, 1.807) is 0 Å². The summed E-state index contributed by atoms with van der Waals surface area (Å²) in [5.74, 6) is 0. The summed E-state index contributed by atoms with van der Waals surface area (Å²) in [6, 6.07) is 0. The molecule has 0 aliphatic rings. The maximum atomic E-state index is 2.47. The minimum atomic E-state index is 0.432. The van der Waals surface area contributed by atoms with Crippen molar-refractivity contribution < 1.29 is 4.48 Å². The molecule has 0 spiro atoms. The van der Waals surface area contributed by atoms with E-state index in [4.69, 9.17) is 0 Å². The molecular formula is C25H56NSi+. The lowest BCUT2D eigenvalue weighted by molar-refractivity contribution is -0.937. The monoisotopic (exact) mass is 398 g/mol. The highest BCUT2D eigenvalue weighted by Gasteiger charge is 2.38. The van der Waals surface area contributed by atoms with Crippen LogP contribution in [0.5, 0.6) is 0 Å². The van der Waals surface area contributed by atoms with Gasteiger partial charge in [-0.2, -0.15) is 0 Å². The van der Waals surface area contributed by atoms with E-state index in [1.807, 2.05) is 0 Å². The van der Waals surface area contributed by atoms with Crippen LogP contribution in [-0.2, 0) is 0 Å². The summed E-state index contributed by atoms with van der Waals surface area (Å²) in [7, 11) is 6.19. The van der Waals surface area contributed by atoms with Crippen LogP contribution in [0.2, 0.25) is 5.54 Å². The van der Waals surface area contributed by atoms with Gasteiger partial charge in [0, 0.05) is 10.2 Å². The van der Waals surface area contributed by atoms with Crippen molar-refractivity contribution in [3.8, 4) is 0 Å². The molecule has 0 saturated heterocycles. The first-order chi connectivity index (χ1) is 12.8. The fourth-order valence-electron chi connectivity index (χ4n) is 4.04. The van der Waals surface area contributed by atoms with E-state index in [0.29, 0.717) is 5.54 Å². The Morgan fingerprint density at radius 2 is 0.926 bits per heavy atom. The van der Waals surface area contributed by atoms with Crippen LogP contribution in [-0.4, -0.2) is 40.9 Å². The van der Waals surface area contributed by atoms with E-state index in [1.165, 1.54) is 124 Å². The fourth-order valence-corrected chi connectivity index (χ4v) is 4.74. The number of quaternary nitrogens is 1. The third-order valence-electron chi connectivity index (χ3n) is 7.54. The molecule has 0 heterocycles. The molecule has 0 amide bonds. The van der Waals surface area contributed by atoms with Gasteiger partial charge in [0.25, 0.3) is 0 Å². The number of rotatable bonds is 19. The highest BCUT2D eigenvalue weighted by molar-refractivity contribution is 6.12. The predicted octanol–water partition coefficient (Wildman–Crippen LogP) is 7.28. The molecule has 0 aromatic carbocycles. The molecule has 0 N–H and O–H groups in total. The van der Waals surface area contributed by atoms with Gasteiger partial charge in [-0.05, 0) is 32.2 Å². The summed E-state index contributed by atoms with van der Waals surface area (Å²) in [5, 5.41) is 0. The summed E-state index contributed by atoms with van der Waals surface area (Å²) >= 11 is 0. The third kappa shape index (κ3) is 13.1. The predicted molar refractivity (Wildman–Crippen MR) is 130 cm³/mol. The zero-order chi connectivity index (χ0) is 20.6. The molecule has 0 aliphatic heterocycles. The molecular weight excluding hydrogens is 342 g/mol. The number of hydrogen-bond donors (Lipinski definition) is 0. The van der Waals surface area contributed by atoms with Crippen LogP contribution in [0.15, 0.2) is 0 Å². The van der Waals surface area contributed by atoms with E-state index in [-0.39, 0.29) is 0 Å². The van der Waals surface area contributed by atoms with Gasteiger partial charge >= 0.3 is 0 Å². The van der Waals surface area contributed by atoms with Gasteiger partial charge < -0.3 is 4.48 Å². The summed E-state index contributed by atoms with van der Waals surface area (Å²) in [5.41, 5.74) is 1.30. The summed E-state index contributed by atoms with van der Waals surface area (Å²) < 4.78 is 1.19. The Kier molecular flexibility index (Phi) is 16.1. The number of hydrogen-bond acceptors (Lipinski definition) is 0. The van der Waals surface area contributed by atoms with Crippen LogP contribution in [0.4, 0.5) is 0 Å². The highest BCUT2D eigenvalue weighted by Crippen LogP contribution is 2.31. The van der Waals surface area contributed by atoms with Gasteiger partial charge in [0.05, 0.1) is 26.2 Å². The van der Waals surface area contributed by atoms with Crippen molar-refractivity contribution in [2.45, 2.75) is 142 Å². The maximum absolute atomic E-state index is 2.47. The second kappa shape index (κ2) is 16.0. The van der Waals surface area contributed by atoms with Gasteiger partial charge in [-0.15, -0.1) is 0 Å². The zero-order valence-electron chi connectivity index (χ0n) is 20.5. The molecule has 1 nitrogen and oxygen atoms in total. The molecule has 0 fully saturated rings. The normalized spacial score (nSPS) is 14.0. The Hall–Kier alpha value is 0.177. The molecule has 0 radical (unpaired) electrons. The molecule has 0 saturated carbocycles. The van der Waals surface area contributed by atoms with Crippen molar-refractivity contribution in [3.05, 3.63) is 0 Å². The molecule has 0 aromatic rings. The fraction of sp³-hybridized carbons (Fsp3) is 1.00. The maximum Gasteiger partial charge on any atom is 0.0924 e. The largest absolute Gasteiger partial charge is 0.324 e. The first-order valence-corrected chi connectivity index (χ1v) is 13.7. The zero-order valence-corrected chi connectivity index (χ0v) is 22.5. The van der Waals surface area contributed by atoms with E-state index >= 15 is 0 Å². The van der Waals surface area contributed by atoms with E-state index in [0.717, 1.165) is 5.54 Å². The van der Waals surface area contributed by atoms with Gasteiger partial charge in [-0.25, -0.2) is 0 Å². The van der Waals surface area contributed by atoms with Crippen LogP contribution in [0.25, 0.3) is 0 Å². The Morgan fingerprint density at radius 3 is 1.22 bits per heavy atom. The lowest BCUT2D eigenvalue weighted by Gasteiger charge is -2.47. The van der Waals surface area contributed by atoms with Gasteiger partial charge in [-0.3, -0.25) is 0 Å². The second-order valence-electron chi connectivity index (χ2n) is 10.5. The molecule has 27 heavy (non-hydrogen) atoms. The van der Waals surface area contributed by atoms with E-state index in [2.05, 4.69) is 41.8 Å². The third-order valence-corrected chi connectivity index (χ3v) is 8.96. The lowest BCUT2D eigenvalue weighted by Crippen LogP contribution is -2.58. The van der Waals surface area contributed by atoms with Gasteiger partial charge in [0.15, 0.2) is 0 Å². The van der Waals surface area contributed by atoms with Crippen molar-refractivity contribution in [3.63, 3.8) is 0 Å². The molecule has 1 unspecified atom stereocenters. The first kappa shape index (κ1) is 27.2. The van der Waals surface area contributed by atoms with Gasteiger partial charge in [0.2, 0.25) is 0 Å². The van der Waals surface area contributed by atoms with Crippen LogP contribution in [0.1, 0.15) is 130 Å². The Morgan fingerprint density at radius 1 is 0.630 bits per heavy atom. The summed E-state index contributed by atoms with van der Waals surface area (Å²) in [6.45, 7) is 11.0. The van der Waals surface area contributed by atoms with Crippen molar-refractivity contribution in [2.24, 2.45) is 0 Å². The molecule has 1 atom stereocenters. The first-order valence-electron chi connectivity index (χ1n) is 12.6. The minimum absolute atomic E-state index is 0.432. The van der Waals surface area contributed by atoms with Crippen LogP contribution in [0, 0.1) is 0 Å². The second-order valence-corrected chi connectivity index (χ2v) is 12.3. The summed E-state index contributed by atoms with van der Waals surface area (Å²) in [4.78, 5) is 0. The van der Waals surface area contributed by atoms with Gasteiger partial charge in [-0.1, -0.05) is 104 Å². The number of unbranched alkanes of at least 4 members (excludes halogenated alkanes) is 15. The smallest absolute Gasteiger partial charge is 0.0924 e. The SMILES string of the molecule is CCCCCCCCCCCCCCCCCC[N+](C)(C)C(C)(C)C(C)[SiH3]. The molecule has 2 heteroatoms. The van der Waals surface area contributed by atoms with Crippen LogP contribution < -0.4 is 0 Å². The highest BCUT2D eigenvalue weighted by atomic mass is 28.1. The van der Waals surface area contributed by atoms with Crippen molar-refractivity contribution in [2.75, 3.05) is 20.6 Å². The minimum Gasteiger partial charge on any atom is -0.324 e. The van der Waals surface area contributed by atoms with E-state index in [9.17, 15) is 0 Å². The topological polar surface area (TPSA) is 0 Å². The van der Waals surface area contributed by atoms with Crippen LogP contribution >= 0.6 is 0 Å². The average molecular weight is 399 g/mol. The standard InChI is InChI=1S/C25H56NSi/c1-7-8-9-10-11-12-13-14-15-16-17-18-19-20-21-22-23-26(5,6)25(3,4)24(2)27/h24H,7-23H2,1-6,27H3/q+1. The quantitative estimate of drug-likeness (QED) is 0.122. The molecule has 0 aromatic heterocycles. The lowest BCUT2D eigenvalue weighted by atomic mass is 9.95. The molecule has 0 rings (SSSR count). The molecule has 0 aliphatic carbocycles.